The lowest BCUT2D eigenvalue weighted by Gasteiger charge is -2.10. The number of hydrogen-bond donors (Lipinski definition) is 2. The highest BCUT2D eigenvalue weighted by molar-refractivity contribution is 5.45. The van der Waals surface area contributed by atoms with Crippen molar-refractivity contribution in [3.63, 3.8) is 0 Å². The summed E-state index contributed by atoms with van der Waals surface area (Å²) in [6, 6.07) is 5.66. The summed E-state index contributed by atoms with van der Waals surface area (Å²) < 4.78 is 1.68. The molecule has 2 rings (SSSR count). The molecule has 0 aliphatic rings. The number of rotatable bonds is 3. The van der Waals surface area contributed by atoms with Gasteiger partial charge < -0.3 is 10.2 Å². The number of benzene rings is 1. The molecule has 0 spiro atoms. The Kier molecular flexibility index (Phi) is 3.21. The van der Waals surface area contributed by atoms with Gasteiger partial charge in [-0.1, -0.05) is 17.3 Å². The minimum absolute atomic E-state index is 0.000273. The third-order valence-corrected chi connectivity index (χ3v) is 2.96. The van der Waals surface area contributed by atoms with E-state index in [0.29, 0.717) is 5.69 Å². The molecule has 0 radical (unpaired) electrons. The van der Waals surface area contributed by atoms with Gasteiger partial charge >= 0.3 is 0 Å². The van der Waals surface area contributed by atoms with E-state index in [1.807, 2.05) is 32.0 Å². The van der Waals surface area contributed by atoms with Crippen molar-refractivity contribution >= 4 is 0 Å². The maximum atomic E-state index is 9.23. The lowest BCUT2D eigenvalue weighted by molar-refractivity contribution is 0.276. The molecule has 0 saturated heterocycles. The average molecular weight is 233 g/mol. The first-order chi connectivity index (χ1) is 8.19. The van der Waals surface area contributed by atoms with Crippen LogP contribution in [0.1, 0.15) is 22.5 Å². The highest BCUT2D eigenvalue weighted by atomic mass is 16.3. The molecule has 0 bridgehead atoms. The van der Waals surface area contributed by atoms with E-state index in [0.717, 1.165) is 22.5 Å². The number of hydrogen-bond acceptors (Lipinski definition) is 4. The van der Waals surface area contributed by atoms with Crippen LogP contribution >= 0.6 is 0 Å². The normalized spacial score (nSPS) is 10.8. The van der Waals surface area contributed by atoms with E-state index in [2.05, 4.69) is 10.3 Å². The van der Waals surface area contributed by atoms with Crippen LogP contribution in [0.5, 0.6) is 0 Å². The van der Waals surface area contributed by atoms with Crippen molar-refractivity contribution in [2.24, 2.45) is 0 Å². The first kappa shape index (κ1) is 11.8. The molecule has 0 aliphatic heterocycles. The standard InChI is InChI=1S/C12H15N3O2/c1-8-10(6-16)4-3-5-12(8)15-9(2)11(7-17)13-14-15/h3-5,16-17H,6-7H2,1-2H3. The SMILES string of the molecule is Cc1c(CO)cccc1-n1nnc(CO)c1C. The number of nitrogens with zero attached hydrogens (tertiary/aromatic N) is 3. The first-order valence-corrected chi connectivity index (χ1v) is 5.40. The third kappa shape index (κ3) is 1.94. The minimum Gasteiger partial charge on any atom is -0.392 e. The van der Waals surface area contributed by atoms with E-state index in [1.165, 1.54) is 0 Å². The molecule has 90 valence electrons. The van der Waals surface area contributed by atoms with E-state index in [-0.39, 0.29) is 13.2 Å². The molecule has 1 aromatic heterocycles. The summed E-state index contributed by atoms with van der Waals surface area (Å²) >= 11 is 0. The fourth-order valence-corrected chi connectivity index (χ4v) is 1.81. The first-order valence-electron chi connectivity index (χ1n) is 5.40. The quantitative estimate of drug-likeness (QED) is 0.825. The van der Waals surface area contributed by atoms with Crippen LogP contribution in [0.3, 0.4) is 0 Å². The van der Waals surface area contributed by atoms with Crippen molar-refractivity contribution in [3.8, 4) is 5.69 Å². The third-order valence-electron chi connectivity index (χ3n) is 2.96. The second-order valence-corrected chi connectivity index (χ2v) is 3.91. The molecule has 0 atom stereocenters. The molecular formula is C12H15N3O2. The zero-order chi connectivity index (χ0) is 12.4. The van der Waals surface area contributed by atoms with Gasteiger partial charge in [0.05, 0.1) is 24.6 Å². The Bertz CT molecular complexity index is 535. The molecule has 2 N–H and O–H groups in total. The molecule has 2 aromatic rings. The van der Waals surface area contributed by atoms with Crippen LogP contribution in [0.15, 0.2) is 18.2 Å². The van der Waals surface area contributed by atoms with Gasteiger partial charge in [-0.15, -0.1) is 5.10 Å². The molecule has 0 saturated carbocycles. The summed E-state index contributed by atoms with van der Waals surface area (Å²) in [6.45, 7) is 3.67. The minimum atomic E-state index is -0.120. The summed E-state index contributed by atoms with van der Waals surface area (Å²) in [6.07, 6.45) is 0. The summed E-state index contributed by atoms with van der Waals surface area (Å²) in [4.78, 5) is 0. The van der Waals surface area contributed by atoms with E-state index in [9.17, 15) is 5.11 Å². The molecule has 1 heterocycles. The van der Waals surface area contributed by atoms with Gasteiger partial charge in [-0.2, -0.15) is 0 Å². The van der Waals surface area contributed by atoms with Gasteiger partial charge in [0.1, 0.15) is 5.69 Å². The van der Waals surface area contributed by atoms with Crippen LogP contribution in [0.25, 0.3) is 5.69 Å². The predicted molar refractivity (Wildman–Crippen MR) is 62.7 cm³/mol. The Hall–Kier alpha value is -1.72. The fourth-order valence-electron chi connectivity index (χ4n) is 1.81. The van der Waals surface area contributed by atoms with Crippen molar-refractivity contribution in [2.75, 3.05) is 0 Å². The van der Waals surface area contributed by atoms with Crippen LogP contribution in [0.4, 0.5) is 0 Å². The van der Waals surface area contributed by atoms with Gasteiger partial charge in [-0.05, 0) is 31.0 Å². The van der Waals surface area contributed by atoms with Crippen molar-refractivity contribution in [2.45, 2.75) is 27.1 Å². The average Bonchev–Trinajstić information content (AvgIpc) is 2.71. The lowest BCUT2D eigenvalue weighted by Crippen LogP contribution is -2.04. The number of aliphatic hydroxyl groups excluding tert-OH is 2. The lowest BCUT2D eigenvalue weighted by atomic mass is 10.1. The molecule has 0 aliphatic carbocycles. The fraction of sp³-hybridized carbons (Fsp3) is 0.333. The van der Waals surface area contributed by atoms with Gasteiger partial charge in [-0.25, -0.2) is 4.68 Å². The monoisotopic (exact) mass is 233 g/mol. The van der Waals surface area contributed by atoms with Crippen molar-refractivity contribution in [1.29, 1.82) is 0 Å². The van der Waals surface area contributed by atoms with Crippen LogP contribution in [0.2, 0.25) is 0 Å². The molecule has 5 nitrogen and oxygen atoms in total. The summed E-state index contributed by atoms with van der Waals surface area (Å²) in [5.41, 5.74) is 4.08. The molecule has 0 fully saturated rings. The second-order valence-electron chi connectivity index (χ2n) is 3.91. The summed E-state index contributed by atoms with van der Waals surface area (Å²) in [7, 11) is 0. The Morgan fingerprint density at radius 2 is 1.94 bits per heavy atom. The highest BCUT2D eigenvalue weighted by Crippen LogP contribution is 2.19. The van der Waals surface area contributed by atoms with E-state index < -0.39 is 0 Å². The highest BCUT2D eigenvalue weighted by Gasteiger charge is 2.12. The zero-order valence-electron chi connectivity index (χ0n) is 9.88. The zero-order valence-corrected chi connectivity index (χ0v) is 9.88. The molecule has 0 unspecified atom stereocenters. The summed E-state index contributed by atoms with van der Waals surface area (Å²) in [5, 5.41) is 26.2. The molecule has 17 heavy (non-hydrogen) atoms. The maximum Gasteiger partial charge on any atom is 0.111 e. The Labute approximate surface area is 99.3 Å². The molecule has 1 aromatic carbocycles. The van der Waals surface area contributed by atoms with Gasteiger partial charge in [0.2, 0.25) is 0 Å². The van der Waals surface area contributed by atoms with Crippen molar-refractivity contribution < 1.29 is 10.2 Å². The molecule has 0 amide bonds. The Balaban J connectivity index is 2.56. The van der Waals surface area contributed by atoms with Crippen LogP contribution < -0.4 is 0 Å². The Morgan fingerprint density at radius 1 is 1.18 bits per heavy atom. The second kappa shape index (κ2) is 4.65. The van der Waals surface area contributed by atoms with Crippen molar-refractivity contribution in [3.05, 3.63) is 40.7 Å². The topological polar surface area (TPSA) is 71.2 Å². The van der Waals surface area contributed by atoms with Crippen LogP contribution in [-0.4, -0.2) is 25.2 Å². The smallest absolute Gasteiger partial charge is 0.111 e. The van der Waals surface area contributed by atoms with Crippen LogP contribution in [-0.2, 0) is 13.2 Å². The largest absolute Gasteiger partial charge is 0.392 e. The van der Waals surface area contributed by atoms with Gasteiger partial charge in [0.15, 0.2) is 0 Å². The Morgan fingerprint density at radius 3 is 2.53 bits per heavy atom. The number of aliphatic hydroxyl groups is 2. The van der Waals surface area contributed by atoms with Crippen LogP contribution in [0, 0.1) is 13.8 Å². The van der Waals surface area contributed by atoms with Gasteiger partial charge in [0.25, 0.3) is 0 Å². The molecule has 5 heteroatoms. The summed E-state index contributed by atoms with van der Waals surface area (Å²) in [5.74, 6) is 0. The van der Waals surface area contributed by atoms with Gasteiger partial charge in [-0.3, -0.25) is 0 Å². The molecular weight excluding hydrogens is 218 g/mol. The van der Waals surface area contributed by atoms with E-state index >= 15 is 0 Å². The van der Waals surface area contributed by atoms with Gasteiger partial charge in [0, 0.05) is 0 Å². The number of aromatic nitrogens is 3. The van der Waals surface area contributed by atoms with Crippen molar-refractivity contribution in [1.82, 2.24) is 15.0 Å². The van der Waals surface area contributed by atoms with E-state index in [4.69, 9.17) is 5.11 Å². The predicted octanol–water partition coefficient (Wildman–Crippen LogP) is 0.869. The van der Waals surface area contributed by atoms with E-state index in [1.54, 1.807) is 4.68 Å². The maximum absolute atomic E-state index is 9.23.